The first-order chi connectivity index (χ1) is 33.1. The summed E-state index contributed by atoms with van der Waals surface area (Å²) < 4.78 is 24.4. The monoisotopic (exact) mass is 874 g/mol. The highest BCUT2D eigenvalue weighted by molar-refractivity contribution is 6.14. The van der Waals surface area contributed by atoms with Gasteiger partial charge >= 0.3 is 0 Å². The molecule has 6 heteroatoms. The maximum absolute atomic E-state index is 6.43. The van der Waals surface area contributed by atoms with E-state index in [4.69, 9.17) is 29.7 Å². The number of ether oxygens (including phenoxy) is 4. The topological polar surface area (TPSA) is 75.3 Å². The minimum atomic E-state index is 0.449. The van der Waals surface area contributed by atoms with Crippen molar-refractivity contribution in [2.24, 2.45) is 4.99 Å². The van der Waals surface area contributed by atoms with Crippen LogP contribution in [0.4, 0.5) is 11.4 Å². The maximum atomic E-state index is 6.43. The number of anilines is 1. The van der Waals surface area contributed by atoms with E-state index in [2.05, 4.69) is 84.9 Å². The van der Waals surface area contributed by atoms with Crippen LogP contribution in [0, 0.1) is 0 Å². The minimum absolute atomic E-state index is 0.449. The second kappa shape index (κ2) is 21.8. The molecule has 0 unspecified atom stereocenters. The Bertz CT molecular complexity index is 3130. The lowest BCUT2D eigenvalue weighted by Gasteiger charge is -2.14. The van der Waals surface area contributed by atoms with Crippen molar-refractivity contribution < 1.29 is 18.9 Å². The van der Waals surface area contributed by atoms with E-state index >= 15 is 0 Å². The molecule has 328 valence electrons. The Morgan fingerprint density at radius 1 is 0.328 bits per heavy atom. The summed E-state index contributed by atoms with van der Waals surface area (Å²) in [4.78, 5) is 5.22. The highest BCUT2D eigenvalue weighted by Gasteiger charge is 2.13. The summed E-state index contributed by atoms with van der Waals surface area (Å²) in [5, 5.41) is 4.20. The average molecular weight is 875 g/mol. The lowest BCUT2D eigenvalue weighted by molar-refractivity contribution is 0.306. The van der Waals surface area contributed by atoms with Gasteiger partial charge in [0.25, 0.3) is 0 Å². The smallest absolute Gasteiger partial charge is 0.146 e. The van der Waals surface area contributed by atoms with Crippen LogP contribution in [0.15, 0.2) is 248 Å². The Labute approximate surface area is 392 Å². The summed E-state index contributed by atoms with van der Waals surface area (Å²) >= 11 is 0. The average Bonchev–Trinajstić information content (AvgIpc) is 3.39. The van der Waals surface area contributed by atoms with Gasteiger partial charge in [0.2, 0.25) is 0 Å². The molecule has 0 radical (unpaired) electrons. The summed E-state index contributed by atoms with van der Waals surface area (Å²) in [5.41, 5.74) is 15.1. The molecule has 0 bridgehead atoms. The van der Waals surface area contributed by atoms with E-state index < -0.39 is 0 Å². The molecule has 10 rings (SSSR count). The van der Waals surface area contributed by atoms with E-state index in [1.165, 1.54) is 0 Å². The van der Waals surface area contributed by atoms with Crippen LogP contribution in [-0.2, 0) is 26.4 Å². The Balaban J connectivity index is 0.000000181. The predicted molar refractivity (Wildman–Crippen MR) is 274 cm³/mol. The SMILES string of the molecule is Nc1cc2ccc(OCc3ccccc3)cc2cc1OCc1ccccc1.c1ccc(COc2ccc3cc(N=C(c4ccccc4)c4ccccc4)c(OCc4ccccc4)cc3c2)cc1. The van der Waals surface area contributed by atoms with Gasteiger partial charge < -0.3 is 24.7 Å². The molecule has 0 heterocycles. The number of hydrogen-bond acceptors (Lipinski definition) is 6. The van der Waals surface area contributed by atoms with Crippen LogP contribution in [0.3, 0.4) is 0 Å². The lowest BCUT2D eigenvalue weighted by Crippen LogP contribution is -2.03. The molecule has 10 aromatic carbocycles. The second-order valence-corrected chi connectivity index (χ2v) is 16.0. The maximum Gasteiger partial charge on any atom is 0.146 e. The third kappa shape index (κ3) is 11.9. The van der Waals surface area contributed by atoms with Gasteiger partial charge in [-0.1, -0.05) is 194 Å². The normalized spacial score (nSPS) is 10.7. The Hall–Kier alpha value is -8.61. The van der Waals surface area contributed by atoms with E-state index in [1.54, 1.807) is 0 Å². The molecular formula is C61H50N2O4. The van der Waals surface area contributed by atoms with Gasteiger partial charge in [-0.3, -0.25) is 0 Å². The van der Waals surface area contributed by atoms with Gasteiger partial charge in [0.1, 0.15) is 55.1 Å². The van der Waals surface area contributed by atoms with Crippen molar-refractivity contribution in [3.8, 4) is 23.0 Å². The van der Waals surface area contributed by atoms with Crippen LogP contribution in [0.5, 0.6) is 23.0 Å². The number of nitrogens with two attached hydrogens (primary N) is 1. The summed E-state index contributed by atoms with van der Waals surface area (Å²) in [6, 6.07) is 81.4. The third-order valence-electron chi connectivity index (χ3n) is 11.1. The molecule has 0 aliphatic rings. The molecule has 0 saturated heterocycles. The summed E-state index contributed by atoms with van der Waals surface area (Å²) in [7, 11) is 0. The molecule has 0 aliphatic heterocycles. The van der Waals surface area contributed by atoms with Crippen molar-refractivity contribution in [2.75, 3.05) is 5.73 Å². The summed E-state index contributed by atoms with van der Waals surface area (Å²) in [5.74, 6) is 3.05. The van der Waals surface area contributed by atoms with E-state index in [1.807, 2.05) is 158 Å². The van der Waals surface area contributed by atoms with Crippen molar-refractivity contribution in [1.29, 1.82) is 0 Å². The summed E-state index contributed by atoms with van der Waals surface area (Å²) in [6.07, 6.45) is 0. The molecule has 10 aromatic rings. The van der Waals surface area contributed by atoms with Crippen LogP contribution in [0.1, 0.15) is 33.4 Å². The van der Waals surface area contributed by atoms with Crippen molar-refractivity contribution >= 4 is 38.6 Å². The number of rotatable bonds is 15. The fourth-order valence-electron chi connectivity index (χ4n) is 7.58. The molecule has 2 N–H and O–H groups in total. The number of aliphatic imine (C=N–C) groups is 1. The van der Waals surface area contributed by atoms with Crippen molar-refractivity contribution in [1.82, 2.24) is 0 Å². The minimum Gasteiger partial charge on any atom is -0.489 e. The highest BCUT2D eigenvalue weighted by atomic mass is 16.5. The largest absolute Gasteiger partial charge is 0.489 e. The Morgan fingerprint density at radius 2 is 0.687 bits per heavy atom. The van der Waals surface area contributed by atoms with Gasteiger partial charge in [0.15, 0.2) is 0 Å². The molecule has 67 heavy (non-hydrogen) atoms. The first kappa shape index (κ1) is 43.6. The number of hydrogen-bond donors (Lipinski definition) is 1. The molecule has 0 spiro atoms. The Kier molecular flexibility index (Phi) is 14.2. The van der Waals surface area contributed by atoms with E-state index in [9.17, 15) is 0 Å². The van der Waals surface area contributed by atoms with Gasteiger partial charge in [-0.05, 0) is 92.3 Å². The van der Waals surface area contributed by atoms with Gasteiger partial charge in [0, 0.05) is 11.1 Å². The lowest BCUT2D eigenvalue weighted by atomic mass is 10.0. The van der Waals surface area contributed by atoms with Crippen LogP contribution in [0.25, 0.3) is 21.5 Å². The fourth-order valence-corrected chi connectivity index (χ4v) is 7.58. The third-order valence-corrected chi connectivity index (χ3v) is 11.1. The van der Waals surface area contributed by atoms with Crippen molar-refractivity contribution in [3.63, 3.8) is 0 Å². The van der Waals surface area contributed by atoms with Crippen molar-refractivity contribution in [3.05, 3.63) is 276 Å². The van der Waals surface area contributed by atoms with Crippen LogP contribution in [0.2, 0.25) is 0 Å². The predicted octanol–water partition coefficient (Wildman–Crippen LogP) is 14.7. The summed E-state index contributed by atoms with van der Waals surface area (Å²) in [6.45, 7) is 1.99. The standard InChI is InChI=1S/C37H29NO2.C24H21NO2/c1-5-13-28(14-6-1)26-39-34-22-21-32-24-35(36(25-33(32)23-34)40-27-29-15-7-2-8-16-29)38-37(30-17-9-3-10-18-30)31-19-11-4-12-20-31;25-23-14-20-11-12-22(26-16-18-7-3-1-4-8-18)13-21(20)15-24(23)27-17-19-9-5-2-6-10-19/h1-25H,26-27H2;1-15H,16-17,25H2. The molecule has 0 aromatic heterocycles. The van der Waals surface area contributed by atoms with Crippen LogP contribution >= 0.6 is 0 Å². The van der Waals surface area contributed by atoms with Gasteiger partial charge in [0.05, 0.1) is 11.4 Å². The van der Waals surface area contributed by atoms with Gasteiger partial charge in [-0.25, -0.2) is 4.99 Å². The molecule has 0 fully saturated rings. The first-order valence-corrected chi connectivity index (χ1v) is 22.4. The Morgan fingerprint density at radius 3 is 1.12 bits per heavy atom. The zero-order chi connectivity index (χ0) is 45.5. The van der Waals surface area contributed by atoms with Gasteiger partial charge in [-0.2, -0.15) is 0 Å². The van der Waals surface area contributed by atoms with Crippen LogP contribution in [-0.4, -0.2) is 5.71 Å². The van der Waals surface area contributed by atoms with Crippen molar-refractivity contribution in [2.45, 2.75) is 26.4 Å². The van der Waals surface area contributed by atoms with Gasteiger partial charge in [-0.15, -0.1) is 0 Å². The number of nitrogens with zero attached hydrogens (tertiary/aromatic N) is 1. The number of nitrogen functional groups attached to an aromatic ring is 1. The zero-order valence-corrected chi connectivity index (χ0v) is 37.1. The van der Waals surface area contributed by atoms with E-state index in [0.29, 0.717) is 37.9 Å². The highest BCUT2D eigenvalue weighted by Crippen LogP contribution is 2.37. The molecule has 0 atom stereocenters. The zero-order valence-electron chi connectivity index (χ0n) is 37.1. The van der Waals surface area contributed by atoms with Crippen LogP contribution < -0.4 is 24.7 Å². The molecule has 0 amide bonds. The van der Waals surface area contributed by atoms with E-state index in [0.717, 1.165) is 83.6 Å². The first-order valence-electron chi connectivity index (χ1n) is 22.4. The number of benzene rings is 10. The number of fused-ring (bicyclic) bond motifs is 2. The second-order valence-electron chi connectivity index (χ2n) is 16.0. The van der Waals surface area contributed by atoms with E-state index in [-0.39, 0.29) is 0 Å². The molecular weight excluding hydrogens is 825 g/mol. The molecule has 0 saturated carbocycles. The molecule has 6 nitrogen and oxygen atoms in total. The fraction of sp³-hybridized carbons (Fsp3) is 0.0656. The quantitative estimate of drug-likeness (QED) is 0.0820. The molecule has 0 aliphatic carbocycles.